The fraction of sp³-hybridized carbons (Fsp3) is 0.407. The lowest BCUT2D eigenvalue weighted by Crippen LogP contribution is -2.47. The van der Waals surface area contributed by atoms with E-state index in [2.05, 4.69) is 37.8 Å². The number of piperazine rings is 1. The average Bonchev–Trinajstić information content (AvgIpc) is 3.47. The number of sulfonamides is 1. The van der Waals surface area contributed by atoms with Crippen LogP contribution in [0.1, 0.15) is 17.0 Å². The molecule has 0 amide bonds. The second kappa shape index (κ2) is 11.0. The van der Waals surface area contributed by atoms with Gasteiger partial charge in [-0.2, -0.15) is 9.47 Å². The fourth-order valence-electron chi connectivity index (χ4n) is 5.12. The van der Waals surface area contributed by atoms with Gasteiger partial charge in [0.1, 0.15) is 10.7 Å². The maximum atomic E-state index is 13.5. The molecule has 0 radical (unpaired) electrons. The molecule has 1 aliphatic rings. The highest BCUT2D eigenvalue weighted by atomic mass is 32.2. The van der Waals surface area contributed by atoms with E-state index in [1.165, 1.54) is 17.2 Å². The van der Waals surface area contributed by atoms with Gasteiger partial charge in [-0.05, 0) is 55.6 Å². The Bertz CT molecular complexity index is 1590. The fourth-order valence-corrected chi connectivity index (χ4v) is 7.45. The molecule has 1 N–H and O–H groups in total. The van der Waals surface area contributed by atoms with E-state index in [4.69, 9.17) is 13.8 Å². The molecule has 2 aromatic heterocycles. The number of rotatable bonds is 9. The van der Waals surface area contributed by atoms with E-state index in [9.17, 15) is 8.42 Å². The van der Waals surface area contributed by atoms with Gasteiger partial charge in [0.25, 0.3) is 10.0 Å². The molecule has 3 heterocycles. The lowest BCUT2D eigenvalue weighted by molar-refractivity contribution is 0.260. The number of fused-ring (bicyclic) bond motifs is 1. The molecular weight excluding hydrogens is 536 g/mol. The number of aromatic nitrogens is 3. The first-order valence-corrected chi connectivity index (χ1v) is 15.1. The highest BCUT2D eigenvalue weighted by Crippen LogP contribution is 2.35. The van der Waals surface area contributed by atoms with Crippen LogP contribution in [-0.2, 0) is 23.5 Å². The molecule has 208 valence electrons. The van der Waals surface area contributed by atoms with Crippen LogP contribution in [0, 0.1) is 13.8 Å². The van der Waals surface area contributed by atoms with Gasteiger partial charge in [0.05, 0.1) is 36.0 Å². The van der Waals surface area contributed by atoms with Crippen molar-refractivity contribution in [1.29, 1.82) is 0 Å². The number of hydrogen-bond acceptors (Lipinski definition) is 9. The van der Waals surface area contributed by atoms with Crippen molar-refractivity contribution in [2.75, 3.05) is 56.6 Å². The van der Waals surface area contributed by atoms with Crippen LogP contribution in [0.2, 0.25) is 0 Å². The highest BCUT2D eigenvalue weighted by Gasteiger charge is 2.26. The minimum absolute atomic E-state index is 0.191. The number of ether oxygens (including phenoxy) is 2. The van der Waals surface area contributed by atoms with E-state index < -0.39 is 10.0 Å². The summed E-state index contributed by atoms with van der Waals surface area (Å²) in [5.41, 5.74) is 2.34. The van der Waals surface area contributed by atoms with Gasteiger partial charge in [0.2, 0.25) is 0 Å². The molecule has 4 aromatic rings. The molecule has 0 spiro atoms. The number of nitrogens with zero attached hydrogens (tertiary/aromatic N) is 5. The third-order valence-corrected chi connectivity index (χ3v) is 9.73. The van der Waals surface area contributed by atoms with Crippen molar-refractivity contribution in [2.45, 2.75) is 25.2 Å². The van der Waals surface area contributed by atoms with Crippen molar-refractivity contribution < 1.29 is 17.9 Å². The van der Waals surface area contributed by atoms with Crippen LogP contribution >= 0.6 is 11.5 Å². The predicted octanol–water partition coefficient (Wildman–Crippen LogP) is 3.83. The topological polar surface area (TPSA) is 102 Å². The Morgan fingerprint density at radius 2 is 1.72 bits per heavy atom. The van der Waals surface area contributed by atoms with Gasteiger partial charge in [-0.25, -0.2) is 8.42 Å². The van der Waals surface area contributed by atoms with E-state index in [0.717, 1.165) is 44.1 Å². The zero-order chi connectivity index (χ0) is 27.7. The number of aryl methyl sites for hydroxylation is 2. The SMILES string of the molecule is COc1cc(CCN2CCN(c3nsc4ccccc34)CC2)c(NS(=O)(=O)c2c(C)nn(C)c2C)cc1OC. The van der Waals surface area contributed by atoms with E-state index >= 15 is 0 Å². The second-order valence-corrected chi connectivity index (χ2v) is 12.1. The van der Waals surface area contributed by atoms with Crippen LogP contribution in [0.25, 0.3) is 10.1 Å². The zero-order valence-corrected chi connectivity index (χ0v) is 24.5. The van der Waals surface area contributed by atoms with Gasteiger partial charge in [0, 0.05) is 51.2 Å². The van der Waals surface area contributed by atoms with Crippen molar-refractivity contribution in [3.05, 3.63) is 53.3 Å². The number of benzene rings is 2. The van der Waals surface area contributed by atoms with Crippen molar-refractivity contribution in [1.82, 2.24) is 19.1 Å². The summed E-state index contributed by atoms with van der Waals surface area (Å²) in [6.07, 6.45) is 0.642. The van der Waals surface area contributed by atoms with Gasteiger partial charge >= 0.3 is 0 Å². The Morgan fingerprint density at radius 1 is 1.03 bits per heavy atom. The highest BCUT2D eigenvalue weighted by molar-refractivity contribution is 7.92. The molecule has 39 heavy (non-hydrogen) atoms. The molecule has 0 saturated carbocycles. The summed E-state index contributed by atoms with van der Waals surface area (Å²) in [6, 6.07) is 11.9. The Kier molecular flexibility index (Phi) is 7.70. The van der Waals surface area contributed by atoms with E-state index in [-0.39, 0.29) is 4.90 Å². The van der Waals surface area contributed by atoms with Crippen LogP contribution in [0.3, 0.4) is 0 Å². The predicted molar refractivity (Wildman–Crippen MR) is 155 cm³/mol. The molecule has 12 heteroatoms. The molecular formula is C27H34N6O4S2. The average molecular weight is 571 g/mol. The zero-order valence-electron chi connectivity index (χ0n) is 22.9. The summed E-state index contributed by atoms with van der Waals surface area (Å²) in [4.78, 5) is 4.94. The summed E-state index contributed by atoms with van der Waals surface area (Å²) in [5, 5.41) is 5.48. The van der Waals surface area contributed by atoms with E-state index in [1.807, 2.05) is 12.1 Å². The maximum Gasteiger partial charge on any atom is 0.265 e. The lowest BCUT2D eigenvalue weighted by Gasteiger charge is -2.35. The van der Waals surface area contributed by atoms with E-state index in [0.29, 0.717) is 35.0 Å². The van der Waals surface area contributed by atoms with Crippen molar-refractivity contribution in [3.63, 3.8) is 0 Å². The van der Waals surface area contributed by atoms with E-state index in [1.54, 1.807) is 50.3 Å². The normalized spacial score (nSPS) is 14.6. The van der Waals surface area contributed by atoms with Crippen molar-refractivity contribution >= 4 is 43.1 Å². The van der Waals surface area contributed by atoms with Crippen LogP contribution in [0.5, 0.6) is 11.5 Å². The first-order valence-electron chi connectivity index (χ1n) is 12.8. The molecule has 2 aromatic carbocycles. The quantitative estimate of drug-likeness (QED) is 0.324. The van der Waals surface area contributed by atoms with Crippen molar-refractivity contribution in [2.24, 2.45) is 7.05 Å². The standard InChI is InChI=1S/C27H34N6O4S2/c1-18-26(19(2)31(3)28-18)39(34,35)30-22-17-24(37-5)23(36-4)16-20(22)10-11-32-12-14-33(15-13-32)27-21-8-6-7-9-25(21)38-29-27/h6-9,16-17,30H,10-15H2,1-5H3. The summed E-state index contributed by atoms with van der Waals surface area (Å²) in [7, 11) is 0.982. The molecule has 0 bridgehead atoms. The third kappa shape index (κ3) is 5.41. The third-order valence-electron chi connectivity index (χ3n) is 7.29. The van der Waals surface area contributed by atoms with Crippen LogP contribution < -0.4 is 19.1 Å². The number of hydrogen-bond donors (Lipinski definition) is 1. The molecule has 1 saturated heterocycles. The van der Waals surface area contributed by atoms with Crippen molar-refractivity contribution in [3.8, 4) is 11.5 Å². The molecule has 5 rings (SSSR count). The molecule has 1 aliphatic heterocycles. The molecule has 0 atom stereocenters. The van der Waals surface area contributed by atoms with Gasteiger partial charge in [0.15, 0.2) is 11.5 Å². The summed E-state index contributed by atoms with van der Waals surface area (Å²) in [5.74, 6) is 2.08. The van der Waals surface area contributed by atoms with Gasteiger partial charge in [-0.3, -0.25) is 14.3 Å². The smallest absolute Gasteiger partial charge is 0.265 e. The summed E-state index contributed by atoms with van der Waals surface area (Å²) in [6.45, 7) is 7.80. The minimum atomic E-state index is -3.87. The Labute approximate surface area is 233 Å². The lowest BCUT2D eigenvalue weighted by atomic mass is 10.1. The second-order valence-electron chi connectivity index (χ2n) is 9.67. The largest absolute Gasteiger partial charge is 0.493 e. The Morgan fingerprint density at radius 3 is 2.38 bits per heavy atom. The number of nitrogens with one attached hydrogen (secondary N) is 1. The summed E-state index contributed by atoms with van der Waals surface area (Å²) < 4.78 is 48.2. The van der Waals surface area contributed by atoms with Crippen LogP contribution in [0.15, 0.2) is 41.3 Å². The molecule has 10 nitrogen and oxygen atoms in total. The van der Waals surface area contributed by atoms with Gasteiger partial charge in [-0.1, -0.05) is 12.1 Å². The maximum absolute atomic E-state index is 13.5. The Balaban J connectivity index is 1.32. The van der Waals surface area contributed by atoms with Gasteiger partial charge in [-0.15, -0.1) is 0 Å². The summed E-state index contributed by atoms with van der Waals surface area (Å²) >= 11 is 1.54. The molecule has 0 aliphatic carbocycles. The monoisotopic (exact) mass is 570 g/mol. The van der Waals surface area contributed by atoms with Gasteiger partial charge < -0.3 is 14.4 Å². The molecule has 1 fully saturated rings. The first kappa shape index (κ1) is 27.2. The van der Waals surface area contributed by atoms with Crippen LogP contribution in [0.4, 0.5) is 11.5 Å². The number of methoxy groups -OCH3 is 2. The first-order chi connectivity index (χ1) is 18.7. The number of anilines is 2. The Hall–Kier alpha value is -3.35. The van der Waals surface area contributed by atoms with Crippen LogP contribution in [-0.4, -0.2) is 74.4 Å². The molecule has 0 unspecified atom stereocenters. The minimum Gasteiger partial charge on any atom is -0.493 e.